The first kappa shape index (κ1) is 18.2. The van der Waals surface area contributed by atoms with E-state index in [-0.39, 0.29) is 21.6 Å². The van der Waals surface area contributed by atoms with Crippen LogP contribution in [0.4, 0.5) is 0 Å². The van der Waals surface area contributed by atoms with Gasteiger partial charge in [0.15, 0.2) is 9.84 Å². The van der Waals surface area contributed by atoms with Crippen LogP contribution in [0.15, 0.2) is 28.0 Å². The van der Waals surface area contributed by atoms with E-state index in [1.807, 2.05) is 6.92 Å². The molecule has 0 saturated carbocycles. The van der Waals surface area contributed by atoms with E-state index in [9.17, 15) is 16.8 Å². The maximum atomic E-state index is 13.1. The zero-order chi connectivity index (χ0) is 17.3. The average Bonchev–Trinajstić information content (AvgIpc) is 2.53. The van der Waals surface area contributed by atoms with Gasteiger partial charge in [0.05, 0.1) is 12.0 Å². The minimum Gasteiger partial charge on any atom is -0.495 e. The third kappa shape index (κ3) is 3.70. The molecule has 1 fully saturated rings. The van der Waals surface area contributed by atoms with Gasteiger partial charge in [0.1, 0.15) is 10.6 Å². The topological polar surface area (TPSA) is 80.8 Å². The van der Waals surface area contributed by atoms with Crippen LogP contribution in [-0.2, 0) is 19.9 Å². The zero-order valence-electron chi connectivity index (χ0n) is 13.6. The summed E-state index contributed by atoms with van der Waals surface area (Å²) in [5.74, 6) is 0.165. The molecule has 6 nitrogen and oxygen atoms in total. The third-order valence-corrected chi connectivity index (χ3v) is 7.28. The SMILES string of the molecule is CCC1CCCCN1S(=O)(=O)c1cc(S(C)(=O)=O)ccc1OC. The van der Waals surface area contributed by atoms with Gasteiger partial charge in [-0.1, -0.05) is 13.3 Å². The molecule has 0 radical (unpaired) electrons. The van der Waals surface area contributed by atoms with E-state index in [1.165, 1.54) is 29.6 Å². The molecule has 1 aliphatic rings. The van der Waals surface area contributed by atoms with E-state index in [0.717, 1.165) is 31.9 Å². The summed E-state index contributed by atoms with van der Waals surface area (Å²) in [5, 5.41) is 0. The van der Waals surface area contributed by atoms with Gasteiger partial charge in [0.2, 0.25) is 10.0 Å². The summed E-state index contributed by atoms with van der Waals surface area (Å²) >= 11 is 0. The normalized spacial score (nSPS) is 20.4. The zero-order valence-corrected chi connectivity index (χ0v) is 15.3. The van der Waals surface area contributed by atoms with Crippen LogP contribution in [0.5, 0.6) is 5.75 Å². The van der Waals surface area contributed by atoms with E-state index < -0.39 is 19.9 Å². The Bertz CT molecular complexity index is 771. The number of benzene rings is 1. The fourth-order valence-electron chi connectivity index (χ4n) is 2.91. The van der Waals surface area contributed by atoms with Gasteiger partial charge >= 0.3 is 0 Å². The highest BCUT2D eigenvalue weighted by Gasteiger charge is 2.35. The minimum atomic E-state index is -3.80. The van der Waals surface area contributed by atoms with Gasteiger partial charge in [0.25, 0.3) is 0 Å². The van der Waals surface area contributed by atoms with Crippen LogP contribution in [0.1, 0.15) is 32.6 Å². The predicted molar refractivity (Wildman–Crippen MR) is 87.9 cm³/mol. The van der Waals surface area contributed by atoms with Gasteiger partial charge in [-0.3, -0.25) is 0 Å². The molecule has 1 unspecified atom stereocenters. The van der Waals surface area contributed by atoms with Crippen molar-refractivity contribution in [2.24, 2.45) is 0 Å². The Morgan fingerprint density at radius 1 is 1.22 bits per heavy atom. The molecule has 130 valence electrons. The highest BCUT2D eigenvalue weighted by molar-refractivity contribution is 7.91. The highest BCUT2D eigenvalue weighted by atomic mass is 32.2. The van der Waals surface area contributed by atoms with Gasteiger partial charge < -0.3 is 4.74 Å². The fourth-order valence-corrected chi connectivity index (χ4v) is 5.59. The number of methoxy groups -OCH3 is 1. The average molecular weight is 361 g/mol. The molecule has 0 amide bonds. The molecule has 1 aromatic rings. The molecule has 0 bridgehead atoms. The van der Waals surface area contributed by atoms with Crippen LogP contribution < -0.4 is 4.74 Å². The van der Waals surface area contributed by atoms with E-state index in [1.54, 1.807) is 0 Å². The van der Waals surface area contributed by atoms with E-state index in [4.69, 9.17) is 4.74 Å². The van der Waals surface area contributed by atoms with Crippen molar-refractivity contribution in [3.05, 3.63) is 18.2 Å². The molecule has 0 N–H and O–H groups in total. The summed E-state index contributed by atoms with van der Waals surface area (Å²) in [4.78, 5) is -0.106. The number of sulfone groups is 1. The molecule has 2 rings (SSSR count). The van der Waals surface area contributed by atoms with Crippen LogP contribution in [0, 0.1) is 0 Å². The molecule has 0 spiro atoms. The molecular formula is C15H23NO5S2. The van der Waals surface area contributed by atoms with Gasteiger partial charge in [-0.2, -0.15) is 4.31 Å². The molecule has 1 aliphatic heterocycles. The maximum absolute atomic E-state index is 13.1. The molecule has 0 aliphatic carbocycles. The van der Waals surface area contributed by atoms with Crippen LogP contribution in [-0.4, -0.2) is 47.1 Å². The number of sulfonamides is 1. The van der Waals surface area contributed by atoms with E-state index >= 15 is 0 Å². The molecule has 0 aromatic heterocycles. The molecule has 8 heteroatoms. The number of piperidine rings is 1. The summed E-state index contributed by atoms with van der Waals surface area (Å²) in [6.07, 6.45) is 4.42. The fraction of sp³-hybridized carbons (Fsp3) is 0.600. The van der Waals surface area contributed by atoms with Crippen LogP contribution in [0.3, 0.4) is 0 Å². The van der Waals surface area contributed by atoms with Crippen molar-refractivity contribution in [2.75, 3.05) is 19.9 Å². The second kappa shape index (κ2) is 6.78. The van der Waals surface area contributed by atoms with Crippen LogP contribution >= 0.6 is 0 Å². The number of hydrogen-bond donors (Lipinski definition) is 0. The lowest BCUT2D eigenvalue weighted by Gasteiger charge is -2.34. The minimum absolute atomic E-state index is 0.0260. The van der Waals surface area contributed by atoms with Crippen molar-refractivity contribution in [3.8, 4) is 5.75 Å². The van der Waals surface area contributed by atoms with Gasteiger partial charge in [-0.15, -0.1) is 0 Å². The summed E-state index contributed by atoms with van der Waals surface area (Å²) < 4.78 is 56.3. The number of nitrogens with zero attached hydrogens (tertiary/aromatic N) is 1. The first-order chi connectivity index (χ1) is 10.7. The lowest BCUT2D eigenvalue weighted by molar-refractivity contribution is 0.246. The van der Waals surface area contributed by atoms with Gasteiger partial charge in [-0.05, 0) is 37.5 Å². The number of ether oxygens (including phenoxy) is 1. The first-order valence-corrected chi connectivity index (χ1v) is 10.9. The monoisotopic (exact) mass is 361 g/mol. The summed E-state index contributed by atoms with van der Waals surface area (Å²) in [5.41, 5.74) is 0. The number of rotatable bonds is 5. The predicted octanol–water partition coefficient (Wildman–Crippen LogP) is 2.05. The highest BCUT2D eigenvalue weighted by Crippen LogP contribution is 2.33. The largest absolute Gasteiger partial charge is 0.495 e. The van der Waals surface area contributed by atoms with E-state index in [0.29, 0.717) is 6.54 Å². The maximum Gasteiger partial charge on any atom is 0.247 e. The Balaban J connectivity index is 2.57. The van der Waals surface area contributed by atoms with Crippen molar-refractivity contribution in [1.29, 1.82) is 0 Å². The Morgan fingerprint density at radius 3 is 2.48 bits per heavy atom. The molecule has 1 saturated heterocycles. The Kier molecular flexibility index (Phi) is 5.37. The molecule has 1 heterocycles. The number of hydrogen-bond acceptors (Lipinski definition) is 5. The Hall–Kier alpha value is -1.12. The van der Waals surface area contributed by atoms with E-state index in [2.05, 4.69) is 0 Å². The standard InChI is InChI=1S/C15H23NO5S2/c1-4-12-7-5-6-10-16(12)23(19,20)15-11-13(22(3,17)18)8-9-14(15)21-2/h8-9,11-12H,4-7,10H2,1-3H3. The van der Waals surface area contributed by atoms with Gasteiger partial charge in [-0.25, -0.2) is 16.8 Å². The lowest BCUT2D eigenvalue weighted by atomic mass is 10.0. The smallest absolute Gasteiger partial charge is 0.247 e. The summed E-state index contributed by atoms with van der Waals surface area (Å²) in [6.45, 7) is 2.41. The Labute approximate surface area is 138 Å². The molecule has 1 aromatic carbocycles. The van der Waals surface area contributed by atoms with Crippen molar-refractivity contribution in [2.45, 2.75) is 48.4 Å². The second-order valence-corrected chi connectivity index (χ2v) is 9.63. The van der Waals surface area contributed by atoms with Gasteiger partial charge in [0, 0.05) is 18.8 Å². The van der Waals surface area contributed by atoms with Crippen molar-refractivity contribution < 1.29 is 21.6 Å². The first-order valence-electron chi connectivity index (χ1n) is 7.61. The molecule has 1 atom stereocenters. The second-order valence-electron chi connectivity index (χ2n) is 5.76. The lowest BCUT2D eigenvalue weighted by Crippen LogP contribution is -2.43. The summed E-state index contributed by atoms with van der Waals surface area (Å²) in [7, 11) is -5.93. The van der Waals surface area contributed by atoms with Crippen LogP contribution in [0.2, 0.25) is 0 Å². The van der Waals surface area contributed by atoms with Crippen molar-refractivity contribution in [1.82, 2.24) is 4.31 Å². The van der Waals surface area contributed by atoms with Crippen molar-refractivity contribution >= 4 is 19.9 Å². The summed E-state index contributed by atoms with van der Waals surface area (Å²) in [6, 6.07) is 3.90. The van der Waals surface area contributed by atoms with Crippen molar-refractivity contribution in [3.63, 3.8) is 0 Å². The quantitative estimate of drug-likeness (QED) is 0.802. The Morgan fingerprint density at radius 2 is 1.91 bits per heavy atom. The molecule has 23 heavy (non-hydrogen) atoms. The van der Waals surface area contributed by atoms with Crippen LogP contribution in [0.25, 0.3) is 0 Å². The molecular weight excluding hydrogens is 338 g/mol. The third-order valence-electron chi connectivity index (χ3n) is 4.19.